The molecule has 0 radical (unpaired) electrons. The van der Waals surface area contributed by atoms with Gasteiger partial charge in [-0.2, -0.15) is 0 Å². The third kappa shape index (κ3) is 2.54. The van der Waals surface area contributed by atoms with E-state index in [4.69, 9.17) is 9.47 Å². The van der Waals surface area contributed by atoms with Gasteiger partial charge in [-0.25, -0.2) is 4.79 Å². The van der Waals surface area contributed by atoms with Crippen LogP contribution in [0.1, 0.15) is 23.5 Å². The van der Waals surface area contributed by atoms with Crippen LogP contribution in [0.5, 0.6) is 0 Å². The lowest BCUT2D eigenvalue weighted by molar-refractivity contribution is 0.0425. The molecule has 0 bridgehead atoms. The molecule has 4 nitrogen and oxygen atoms in total. The minimum absolute atomic E-state index is 0.0283. The molecule has 0 spiro atoms. The number of hydrogen-bond donors (Lipinski definition) is 1. The smallest absolute Gasteiger partial charge is 0.407 e. The average Bonchev–Trinajstić information content (AvgIpc) is 2.75. The number of thiophene rings is 1. The third-order valence-corrected chi connectivity index (χ3v) is 3.48. The number of nitrogens with one attached hydrogen (secondary N) is 1. The van der Waals surface area contributed by atoms with Crippen molar-refractivity contribution in [2.45, 2.75) is 19.4 Å². The van der Waals surface area contributed by atoms with E-state index in [0.717, 1.165) is 13.0 Å². The van der Waals surface area contributed by atoms with Crippen molar-refractivity contribution < 1.29 is 14.3 Å². The van der Waals surface area contributed by atoms with Gasteiger partial charge in [0.2, 0.25) is 0 Å². The SMILES string of the molecule is CCOC(=O)NCC1OCCc2sccc21. The second kappa shape index (κ2) is 5.32. The number of rotatable bonds is 3. The van der Waals surface area contributed by atoms with Crippen molar-refractivity contribution in [3.05, 3.63) is 21.9 Å². The van der Waals surface area contributed by atoms with Gasteiger partial charge in [0.1, 0.15) is 6.10 Å². The van der Waals surface area contributed by atoms with Gasteiger partial charge in [-0.05, 0) is 23.9 Å². The summed E-state index contributed by atoms with van der Waals surface area (Å²) in [5.41, 5.74) is 1.20. The van der Waals surface area contributed by atoms with E-state index in [-0.39, 0.29) is 12.2 Å². The Bertz CT molecular complexity index is 364. The Balaban J connectivity index is 1.90. The Hall–Kier alpha value is -1.07. The highest BCUT2D eigenvalue weighted by Gasteiger charge is 2.22. The number of fused-ring (bicyclic) bond motifs is 1. The highest BCUT2D eigenvalue weighted by molar-refractivity contribution is 7.10. The molecular formula is C11H15NO3S. The fourth-order valence-electron chi connectivity index (χ4n) is 1.75. The number of hydrogen-bond acceptors (Lipinski definition) is 4. The summed E-state index contributed by atoms with van der Waals surface area (Å²) in [4.78, 5) is 12.5. The average molecular weight is 241 g/mol. The van der Waals surface area contributed by atoms with Crippen LogP contribution >= 0.6 is 11.3 Å². The van der Waals surface area contributed by atoms with Crippen LogP contribution in [-0.4, -0.2) is 25.9 Å². The second-order valence-corrected chi connectivity index (χ2v) is 4.51. The summed E-state index contributed by atoms with van der Waals surface area (Å²) < 4.78 is 10.4. The first kappa shape index (κ1) is 11.4. The molecule has 1 atom stereocenters. The molecule has 1 amide bonds. The first-order chi connectivity index (χ1) is 7.81. The molecular weight excluding hydrogens is 226 g/mol. The van der Waals surface area contributed by atoms with Crippen LogP contribution < -0.4 is 5.32 Å². The monoisotopic (exact) mass is 241 g/mol. The zero-order valence-electron chi connectivity index (χ0n) is 9.19. The zero-order valence-corrected chi connectivity index (χ0v) is 10.0. The molecule has 0 aromatic carbocycles. The summed E-state index contributed by atoms with van der Waals surface area (Å²) in [6.45, 7) is 3.37. The molecule has 2 rings (SSSR count). The Morgan fingerprint density at radius 3 is 3.44 bits per heavy atom. The number of carbonyl (C=O) groups is 1. The Morgan fingerprint density at radius 1 is 1.75 bits per heavy atom. The van der Waals surface area contributed by atoms with Gasteiger partial charge in [0.05, 0.1) is 19.8 Å². The second-order valence-electron chi connectivity index (χ2n) is 3.51. The maximum absolute atomic E-state index is 11.1. The molecule has 1 aromatic rings. The van der Waals surface area contributed by atoms with E-state index in [9.17, 15) is 4.79 Å². The summed E-state index contributed by atoms with van der Waals surface area (Å²) in [6, 6.07) is 2.07. The van der Waals surface area contributed by atoms with Gasteiger partial charge in [0, 0.05) is 11.3 Å². The minimum atomic E-state index is -0.381. The van der Waals surface area contributed by atoms with Crippen molar-refractivity contribution >= 4 is 17.4 Å². The van der Waals surface area contributed by atoms with E-state index in [1.165, 1.54) is 10.4 Å². The van der Waals surface area contributed by atoms with Crippen LogP contribution in [0.2, 0.25) is 0 Å². The predicted molar refractivity (Wildman–Crippen MR) is 61.7 cm³/mol. The molecule has 1 unspecified atom stereocenters. The summed E-state index contributed by atoms with van der Waals surface area (Å²) in [7, 11) is 0. The van der Waals surface area contributed by atoms with E-state index in [0.29, 0.717) is 13.2 Å². The van der Waals surface area contributed by atoms with E-state index in [1.807, 2.05) is 0 Å². The molecule has 1 aliphatic heterocycles. The van der Waals surface area contributed by atoms with Gasteiger partial charge in [0.15, 0.2) is 0 Å². The molecule has 1 aliphatic rings. The van der Waals surface area contributed by atoms with Gasteiger partial charge in [-0.15, -0.1) is 11.3 Å². The summed E-state index contributed by atoms with van der Waals surface area (Å²) in [5.74, 6) is 0. The van der Waals surface area contributed by atoms with Crippen molar-refractivity contribution in [3.63, 3.8) is 0 Å². The van der Waals surface area contributed by atoms with Crippen molar-refractivity contribution in [2.75, 3.05) is 19.8 Å². The van der Waals surface area contributed by atoms with Crippen LogP contribution in [-0.2, 0) is 15.9 Å². The number of amides is 1. The number of carbonyl (C=O) groups excluding carboxylic acids is 1. The van der Waals surface area contributed by atoms with Crippen molar-refractivity contribution in [3.8, 4) is 0 Å². The fraction of sp³-hybridized carbons (Fsp3) is 0.545. The van der Waals surface area contributed by atoms with Crippen molar-refractivity contribution in [1.82, 2.24) is 5.32 Å². The van der Waals surface area contributed by atoms with Crippen molar-refractivity contribution in [2.24, 2.45) is 0 Å². The first-order valence-corrected chi connectivity index (χ1v) is 6.27. The van der Waals surface area contributed by atoms with Crippen LogP contribution in [0.3, 0.4) is 0 Å². The van der Waals surface area contributed by atoms with E-state index in [1.54, 1.807) is 18.3 Å². The zero-order chi connectivity index (χ0) is 11.4. The van der Waals surface area contributed by atoms with Gasteiger partial charge in [-0.1, -0.05) is 0 Å². The van der Waals surface area contributed by atoms with Gasteiger partial charge < -0.3 is 14.8 Å². The largest absolute Gasteiger partial charge is 0.450 e. The molecule has 1 aromatic heterocycles. The standard InChI is InChI=1S/C11H15NO3S/c1-2-14-11(13)12-7-9-8-4-6-16-10(8)3-5-15-9/h4,6,9H,2-3,5,7H2,1H3,(H,12,13). The fourth-order valence-corrected chi connectivity index (χ4v) is 2.67. The lowest BCUT2D eigenvalue weighted by atomic mass is 10.1. The Kier molecular flexibility index (Phi) is 3.79. The number of ether oxygens (including phenoxy) is 2. The Labute approximate surface area is 98.6 Å². The third-order valence-electron chi connectivity index (χ3n) is 2.48. The highest BCUT2D eigenvalue weighted by Crippen LogP contribution is 2.30. The van der Waals surface area contributed by atoms with E-state index < -0.39 is 0 Å². The van der Waals surface area contributed by atoms with Crippen LogP contribution in [0.25, 0.3) is 0 Å². The van der Waals surface area contributed by atoms with E-state index >= 15 is 0 Å². The van der Waals surface area contributed by atoms with Gasteiger partial charge in [-0.3, -0.25) is 0 Å². The van der Waals surface area contributed by atoms with Gasteiger partial charge >= 0.3 is 6.09 Å². The topological polar surface area (TPSA) is 47.6 Å². The normalized spacial score (nSPS) is 18.9. The minimum Gasteiger partial charge on any atom is -0.450 e. The van der Waals surface area contributed by atoms with Crippen LogP contribution in [0.4, 0.5) is 4.79 Å². The Morgan fingerprint density at radius 2 is 2.62 bits per heavy atom. The molecule has 0 aliphatic carbocycles. The lowest BCUT2D eigenvalue weighted by Crippen LogP contribution is -2.31. The molecule has 88 valence electrons. The maximum atomic E-state index is 11.1. The summed E-state index contributed by atoms with van der Waals surface area (Å²) in [6.07, 6.45) is 0.566. The lowest BCUT2D eigenvalue weighted by Gasteiger charge is -2.23. The molecule has 0 saturated heterocycles. The van der Waals surface area contributed by atoms with Gasteiger partial charge in [0.25, 0.3) is 0 Å². The van der Waals surface area contributed by atoms with Crippen molar-refractivity contribution in [1.29, 1.82) is 0 Å². The van der Waals surface area contributed by atoms with E-state index in [2.05, 4.69) is 16.8 Å². The summed E-state index contributed by atoms with van der Waals surface area (Å²) >= 11 is 1.75. The maximum Gasteiger partial charge on any atom is 0.407 e. The molecule has 1 N–H and O–H groups in total. The quantitative estimate of drug-likeness (QED) is 0.881. The molecule has 2 heterocycles. The summed E-state index contributed by atoms with van der Waals surface area (Å²) in [5, 5.41) is 4.77. The molecule has 5 heteroatoms. The predicted octanol–water partition coefficient (Wildman–Crippen LogP) is 2.11. The van der Waals surface area contributed by atoms with Crippen LogP contribution in [0.15, 0.2) is 11.4 Å². The first-order valence-electron chi connectivity index (χ1n) is 5.39. The van der Waals surface area contributed by atoms with Crippen LogP contribution in [0, 0.1) is 0 Å². The number of alkyl carbamates (subject to hydrolysis) is 1. The molecule has 0 saturated carbocycles. The molecule has 0 fully saturated rings. The highest BCUT2D eigenvalue weighted by atomic mass is 32.1. The molecule has 16 heavy (non-hydrogen) atoms.